The number of carbonyl (C=O) groups excluding carboxylic acids is 1. The number of hydrogen-bond acceptors (Lipinski definition) is 2. The molecule has 2 aromatic carbocycles. The molecule has 4 rings (SSSR count). The van der Waals surface area contributed by atoms with Gasteiger partial charge in [-0.1, -0.05) is 77.9 Å². The molecule has 0 spiro atoms. The van der Waals surface area contributed by atoms with Crippen molar-refractivity contribution in [2.75, 3.05) is 0 Å². The summed E-state index contributed by atoms with van der Waals surface area (Å²) in [5.41, 5.74) is 5.80. The minimum atomic E-state index is 0.200. The molecule has 1 heterocycles. The van der Waals surface area contributed by atoms with Gasteiger partial charge in [0.1, 0.15) is 5.76 Å². The summed E-state index contributed by atoms with van der Waals surface area (Å²) >= 11 is 0. The summed E-state index contributed by atoms with van der Waals surface area (Å²) in [4.78, 5) is 12.6. The molecule has 28 heavy (non-hydrogen) atoms. The standard InChI is InChI=1S/C26H24O2/c1-19-9-11-22(12-10-19)26(27)16-14-21-13-15-24(20-6-3-2-4-7-20)25(21)18-23-8-5-17-28-23/h2-13,15,17,25H,14,16,18H2,1H3. The molecular weight excluding hydrogens is 344 g/mol. The van der Waals surface area contributed by atoms with E-state index in [1.807, 2.05) is 49.4 Å². The van der Waals surface area contributed by atoms with E-state index in [1.165, 1.54) is 22.3 Å². The van der Waals surface area contributed by atoms with Gasteiger partial charge in [-0.25, -0.2) is 0 Å². The van der Waals surface area contributed by atoms with Crippen LogP contribution in [0.1, 0.15) is 40.1 Å². The van der Waals surface area contributed by atoms with Crippen LogP contribution in [0.3, 0.4) is 0 Å². The molecule has 2 heteroatoms. The molecule has 0 saturated heterocycles. The Morgan fingerprint density at radius 2 is 1.71 bits per heavy atom. The van der Waals surface area contributed by atoms with Crippen molar-refractivity contribution in [2.24, 2.45) is 5.92 Å². The Kier molecular flexibility index (Phi) is 5.38. The fourth-order valence-electron chi connectivity index (χ4n) is 3.83. The second kappa shape index (κ2) is 8.26. The maximum absolute atomic E-state index is 12.6. The van der Waals surface area contributed by atoms with E-state index in [4.69, 9.17) is 4.42 Å². The second-order valence-electron chi connectivity index (χ2n) is 7.35. The summed E-state index contributed by atoms with van der Waals surface area (Å²) in [7, 11) is 0. The van der Waals surface area contributed by atoms with Gasteiger partial charge in [0, 0.05) is 24.3 Å². The van der Waals surface area contributed by atoms with Crippen molar-refractivity contribution in [1.82, 2.24) is 0 Å². The summed E-state index contributed by atoms with van der Waals surface area (Å²) in [6.07, 6.45) is 8.23. The van der Waals surface area contributed by atoms with E-state index in [2.05, 4.69) is 36.4 Å². The van der Waals surface area contributed by atoms with Crippen molar-refractivity contribution in [3.63, 3.8) is 0 Å². The van der Waals surface area contributed by atoms with Crippen LogP contribution in [0, 0.1) is 12.8 Å². The van der Waals surface area contributed by atoms with Crippen molar-refractivity contribution in [1.29, 1.82) is 0 Å². The smallest absolute Gasteiger partial charge is 0.163 e. The lowest BCUT2D eigenvalue weighted by molar-refractivity contribution is 0.0982. The van der Waals surface area contributed by atoms with Crippen LogP contribution in [0.2, 0.25) is 0 Å². The highest BCUT2D eigenvalue weighted by Crippen LogP contribution is 2.39. The number of aryl methyl sites for hydroxylation is 1. The van der Waals surface area contributed by atoms with Crippen LogP contribution in [0.4, 0.5) is 0 Å². The first-order valence-corrected chi connectivity index (χ1v) is 9.79. The number of carbonyl (C=O) groups is 1. The van der Waals surface area contributed by atoms with Gasteiger partial charge in [-0.15, -0.1) is 0 Å². The normalized spacial score (nSPS) is 16.0. The predicted octanol–water partition coefficient (Wildman–Crippen LogP) is 6.43. The van der Waals surface area contributed by atoms with E-state index in [1.54, 1.807) is 6.26 Å². The van der Waals surface area contributed by atoms with Crippen molar-refractivity contribution >= 4 is 11.4 Å². The number of allylic oxidation sites excluding steroid dienone is 4. The minimum Gasteiger partial charge on any atom is -0.469 e. The lowest BCUT2D eigenvalue weighted by Crippen LogP contribution is -2.09. The first-order chi connectivity index (χ1) is 13.7. The molecule has 1 unspecified atom stereocenters. The highest BCUT2D eigenvalue weighted by molar-refractivity contribution is 5.96. The van der Waals surface area contributed by atoms with Crippen LogP contribution in [-0.4, -0.2) is 5.78 Å². The molecule has 2 nitrogen and oxygen atoms in total. The molecule has 0 fully saturated rings. The molecule has 0 radical (unpaired) electrons. The molecule has 1 aromatic heterocycles. The average molecular weight is 368 g/mol. The summed E-state index contributed by atoms with van der Waals surface area (Å²) in [5, 5.41) is 0. The van der Waals surface area contributed by atoms with E-state index in [-0.39, 0.29) is 11.7 Å². The molecule has 0 N–H and O–H groups in total. The zero-order valence-corrected chi connectivity index (χ0v) is 16.1. The van der Waals surface area contributed by atoms with Crippen LogP contribution in [0.15, 0.2) is 95.1 Å². The van der Waals surface area contributed by atoms with E-state index < -0.39 is 0 Å². The third-order valence-corrected chi connectivity index (χ3v) is 5.41. The van der Waals surface area contributed by atoms with E-state index in [0.717, 1.165) is 24.2 Å². The molecule has 0 bridgehead atoms. The van der Waals surface area contributed by atoms with Crippen molar-refractivity contribution in [3.8, 4) is 0 Å². The van der Waals surface area contributed by atoms with Crippen molar-refractivity contribution < 1.29 is 9.21 Å². The van der Waals surface area contributed by atoms with Crippen molar-refractivity contribution in [3.05, 3.63) is 113 Å². The zero-order chi connectivity index (χ0) is 19.3. The van der Waals surface area contributed by atoms with Gasteiger partial charge < -0.3 is 4.42 Å². The highest BCUT2D eigenvalue weighted by atomic mass is 16.3. The number of furan rings is 1. The number of Topliss-reactive ketones (excluding diaryl/α,β-unsaturated/α-hetero) is 1. The molecular formula is C26H24O2. The maximum atomic E-state index is 12.6. The number of hydrogen-bond donors (Lipinski definition) is 0. The predicted molar refractivity (Wildman–Crippen MR) is 113 cm³/mol. The molecule has 3 aromatic rings. The monoisotopic (exact) mass is 368 g/mol. The van der Waals surface area contributed by atoms with Crippen LogP contribution in [0.5, 0.6) is 0 Å². The van der Waals surface area contributed by atoms with Gasteiger partial charge in [0.15, 0.2) is 5.78 Å². The van der Waals surface area contributed by atoms with Gasteiger partial charge >= 0.3 is 0 Å². The van der Waals surface area contributed by atoms with E-state index in [0.29, 0.717) is 6.42 Å². The third-order valence-electron chi connectivity index (χ3n) is 5.41. The average Bonchev–Trinajstić information content (AvgIpc) is 3.38. The molecule has 0 aliphatic heterocycles. The molecule has 140 valence electrons. The fraction of sp³-hybridized carbons (Fsp3) is 0.192. The SMILES string of the molecule is Cc1ccc(C(=O)CCC2=CC=C(c3ccccc3)C2Cc2ccco2)cc1. The summed E-state index contributed by atoms with van der Waals surface area (Å²) < 4.78 is 5.61. The number of ketones is 1. The van der Waals surface area contributed by atoms with Crippen LogP contribution >= 0.6 is 0 Å². The topological polar surface area (TPSA) is 30.2 Å². The summed E-state index contributed by atoms with van der Waals surface area (Å²) in [6, 6.07) is 22.3. The quantitative estimate of drug-likeness (QED) is 0.450. The van der Waals surface area contributed by atoms with Crippen molar-refractivity contribution in [2.45, 2.75) is 26.2 Å². The second-order valence-corrected chi connectivity index (χ2v) is 7.35. The van der Waals surface area contributed by atoms with Gasteiger partial charge in [-0.05, 0) is 36.6 Å². The van der Waals surface area contributed by atoms with Gasteiger partial charge in [-0.3, -0.25) is 4.79 Å². The largest absolute Gasteiger partial charge is 0.469 e. The number of benzene rings is 2. The van der Waals surface area contributed by atoms with Gasteiger partial charge in [0.25, 0.3) is 0 Å². The van der Waals surface area contributed by atoms with Gasteiger partial charge in [0.2, 0.25) is 0 Å². The van der Waals surface area contributed by atoms with E-state index >= 15 is 0 Å². The third kappa shape index (κ3) is 4.07. The van der Waals surface area contributed by atoms with Crippen LogP contribution < -0.4 is 0 Å². The Bertz CT molecular complexity index is 990. The fourth-order valence-corrected chi connectivity index (χ4v) is 3.83. The zero-order valence-electron chi connectivity index (χ0n) is 16.1. The summed E-state index contributed by atoms with van der Waals surface area (Å²) in [5.74, 6) is 1.43. The molecule has 1 aliphatic carbocycles. The molecule has 1 atom stereocenters. The first kappa shape index (κ1) is 18.2. The lowest BCUT2D eigenvalue weighted by Gasteiger charge is -2.19. The Morgan fingerprint density at radius 1 is 0.929 bits per heavy atom. The Hall–Kier alpha value is -3.13. The van der Waals surface area contributed by atoms with Crippen LogP contribution in [-0.2, 0) is 6.42 Å². The van der Waals surface area contributed by atoms with Gasteiger partial charge in [-0.2, -0.15) is 0 Å². The highest BCUT2D eigenvalue weighted by Gasteiger charge is 2.25. The Morgan fingerprint density at radius 3 is 2.43 bits per heavy atom. The van der Waals surface area contributed by atoms with Gasteiger partial charge in [0.05, 0.1) is 6.26 Å². The Labute approximate surface area is 166 Å². The lowest BCUT2D eigenvalue weighted by atomic mass is 9.85. The van der Waals surface area contributed by atoms with E-state index in [9.17, 15) is 4.79 Å². The molecule has 0 amide bonds. The molecule has 1 aliphatic rings. The molecule has 0 saturated carbocycles. The summed E-state index contributed by atoms with van der Waals surface area (Å²) in [6.45, 7) is 2.04. The minimum absolute atomic E-state index is 0.200. The first-order valence-electron chi connectivity index (χ1n) is 9.79. The number of rotatable bonds is 7. The maximum Gasteiger partial charge on any atom is 0.163 e. The van der Waals surface area contributed by atoms with Crippen LogP contribution in [0.25, 0.3) is 5.57 Å². The Balaban J connectivity index is 1.49.